The first kappa shape index (κ1) is 19.4. The Kier molecular flexibility index (Phi) is 9.49. The second kappa shape index (κ2) is 9.32. The first-order valence-corrected chi connectivity index (χ1v) is 12.0. The Morgan fingerprint density at radius 1 is 1.00 bits per heavy atom. The Bertz CT molecular complexity index is 218. The maximum absolute atomic E-state index is 6.31. The molecule has 1 atom stereocenters. The molecule has 0 rings (SSSR count). The Hall–Kier alpha value is 0.354. The van der Waals surface area contributed by atoms with E-state index in [9.17, 15) is 0 Å². The van der Waals surface area contributed by atoms with Gasteiger partial charge in [0.2, 0.25) is 0 Å². The summed E-state index contributed by atoms with van der Waals surface area (Å²) >= 11 is 0. The molecule has 0 aliphatic rings. The number of hydrogen-bond acceptors (Lipinski definition) is 2. The third kappa shape index (κ3) is 6.56. The molecule has 0 radical (unpaired) electrons. The zero-order valence-electron chi connectivity index (χ0n) is 14.3. The molecule has 116 valence electrons. The summed E-state index contributed by atoms with van der Waals surface area (Å²) in [6.07, 6.45) is 2.75. The lowest BCUT2D eigenvalue weighted by molar-refractivity contribution is 0.135. The molecular weight excluding hydrogens is 268 g/mol. The van der Waals surface area contributed by atoms with E-state index in [1.165, 1.54) is 31.0 Å². The highest BCUT2D eigenvalue weighted by Gasteiger charge is 2.29. The van der Waals surface area contributed by atoms with E-state index < -0.39 is 18.1 Å². The van der Waals surface area contributed by atoms with Gasteiger partial charge in [-0.3, -0.25) is 0 Å². The fourth-order valence-electron chi connectivity index (χ4n) is 2.20. The predicted octanol–water partition coefficient (Wildman–Crippen LogP) is 4.50. The normalized spacial score (nSPS) is 15.3. The largest absolute Gasteiger partial charge is 0.419 e. The van der Waals surface area contributed by atoms with Crippen molar-refractivity contribution in [3.05, 3.63) is 0 Å². The van der Waals surface area contributed by atoms with E-state index in [0.29, 0.717) is 5.04 Å². The molecule has 0 aliphatic carbocycles. The van der Waals surface area contributed by atoms with Crippen LogP contribution in [0, 0.1) is 0 Å². The fourth-order valence-corrected chi connectivity index (χ4v) is 6.09. The van der Waals surface area contributed by atoms with E-state index in [1.807, 2.05) is 0 Å². The molecule has 0 aliphatic heterocycles. The van der Waals surface area contributed by atoms with Crippen LogP contribution in [-0.2, 0) is 8.85 Å². The third-order valence-electron chi connectivity index (χ3n) is 4.98. The summed E-state index contributed by atoms with van der Waals surface area (Å²) in [6, 6.07) is 3.68. The van der Waals surface area contributed by atoms with Crippen LogP contribution in [-0.4, -0.2) is 30.8 Å². The van der Waals surface area contributed by atoms with Crippen LogP contribution in [0.25, 0.3) is 0 Å². The van der Waals surface area contributed by atoms with Crippen LogP contribution in [0.4, 0.5) is 0 Å². The van der Waals surface area contributed by atoms with Crippen molar-refractivity contribution in [2.75, 3.05) is 6.61 Å². The molecule has 0 saturated carbocycles. The highest BCUT2D eigenvalue weighted by molar-refractivity contribution is 6.73. The molecule has 0 spiro atoms. The first-order chi connectivity index (χ1) is 8.90. The lowest BCUT2D eigenvalue weighted by Gasteiger charge is -2.31. The van der Waals surface area contributed by atoms with E-state index >= 15 is 0 Å². The molecule has 2 nitrogen and oxygen atoms in total. The third-order valence-corrected chi connectivity index (χ3v) is 12.1. The molecule has 0 fully saturated rings. The Labute approximate surface area is 124 Å². The van der Waals surface area contributed by atoms with Gasteiger partial charge in [0.25, 0.3) is 0 Å². The van der Waals surface area contributed by atoms with Crippen molar-refractivity contribution in [2.24, 2.45) is 0 Å². The SMILES string of the molecule is CCC(C)(CC)[SiH2]OC(C)CO[Si](CC)(CC)CC. The van der Waals surface area contributed by atoms with Gasteiger partial charge in [-0.1, -0.05) is 54.4 Å². The zero-order chi connectivity index (χ0) is 14.9. The van der Waals surface area contributed by atoms with Crippen molar-refractivity contribution in [1.29, 1.82) is 0 Å². The van der Waals surface area contributed by atoms with Crippen molar-refractivity contribution in [3.8, 4) is 0 Å². The Morgan fingerprint density at radius 2 is 1.47 bits per heavy atom. The van der Waals surface area contributed by atoms with Crippen LogP contribution in [0.2, 0.25) is 23.2 Å². The van der Waals surface area contributed by atoms with Crippen molar-refractivity contribution in [3.63, 3.8) is 0 Å². The second-order valence-corrected chi connectivity index (χ2v) is 13.3. The van der Waals surface area contributed by atoms with Crippen molar-refractivity contribution in [2.45, 2.75) is 90.6 Å². The van der Waals surface area contributed by atoms with Crippen LogP contribution in [0.5, 0.6) is 0 Å². The molecule has 4 heteroatoms. The lowest BCUT2D eigenvalue weighted by atomic mass is 10.1. The molecule has 0 aromatic carbocycles. The monoisotopic (exact) mass is 304 g/mol. The van der Waals surface area contributed by atoms with E-state index in [0.717, 1.165) is 6.61 Å². The van der Waals surface area contributed by atoms with Gasteiger partial charge in [-0.05, 0) is 30.1 Å². The molecule has 0 amide bonds. The molecule has 0 aromatic rings. The molecule has 0 heterocycles. The summed E-state index contributed by atoms with van der Waals surface area (Å²) in [5.41, 5.74) is 0. The minimum atomic E-state index is -1.44. The van der Waals surface area contributed by atoms with Gasteiger partial charge in [0.05, 0.1) is 12.7 Å². The summed E-state index contributed by atoms with van der Waals surface area (Å²) in [7, 11) is -1.90. The smallest absolute Gasteiger partial charge is 0.192 e. The van der Waals surface area contributed by atoms with Gasteiger partial charge >= 0.3 is 0 Å². The van der Waals surface area contributed by atoms with Crippen molar-refractivity contribution in [1.82, 2.24) is 0 Å². The summed E-state index contributed by atoms with van der Waals surface area (Å²) in [4.78, 5) is 0. The van der Waals surface area contributed by atoms with Gasteiger partial charge in [0.1, 0.15) is 0 Å². The molecule has 0 aromatic heterocycles. The van der Waals surface area contributed by atoms with E-state index in [2.05, 4.69) is 48.5 Å². The molecule has 0 saturated heterocycles. The average Bonchev–Trinajstić information content (AvgIpc) is 2.46. The zero-order valence-corrected chi connectivity index (χ0v) is 16.8. The van der Waals surface area contributed by atoms with Crippen LogP contribution >= 0.6 is 0 Å². The second-order valence-electron chi connectivity index (χ2n) is 6.19. The van der Waals surface area contributed by atoms with Crippen LogP contribution in [0.1, 0.15) is 61.3 Å². The molecule has 0 N–H and O–H groups in total. The van der Waals surface area contributed by atoms with Gasteiger partial charge < -0.3 is 8.85 Å². The van der Waals surface area contributed by atoms with Gasteiger partial charge in [-0.2, -0.15) is 0 Å². The Balaban J connectivity index is 4.15. The maximum Gasteiger partial charge on any atom is 0.192 e. The topological polar surface area (TPSA) is 18.5 Å². The summed E-state index contributed by atoms with van der Waals surface area (Å²) < 4.78 is 12.5. The van der Waals surface area contributed by atoms with Crippen LogP contribution in [0.15, 0.2) is 0 Å². The minimum Gasteiger partial charge on any atom is -0.419 e. The first-order valence-electron chi connectivity index (χ1n) is 8.16. The van der Waals surface area contributed by atoms with E-state index in [-0.39, 0.29) is 6.10 Å². The summed E-state index contributed by atoms with van der Waals surface area (Å²) in [5.74, 6) is 0. The summed E-state index contributed by atoms with van der Waals surface area (Å²) in [6.45, 7) is 16.8. The average molecular weight is 305 g/mol. The fraction of sp³-hybridized carbons (Fsp3) is 1.00. The molecule has 0 bridgehead atoms. The quantitative estimate of drug-likeness (QED) is 0.523. The Morgan fingerprint density at radius 3 is 1.84 bits per heavy atom. The highest BCUT2D eigenvalue weighted by atomic mass is 28.4. The molecule has 19 heavy (non-hydrogen) atoms. The molecule has 1 unspecified atom stereocenters. The minimum absolute atomic E-state index is 0.278. The van der Waals surface area contributed by atoms with E-state index in [4.69, 9.17) is 8.85 Å². The maximum atomic E-state index is 6.31. The van der Waals surface area contributed by atoms with Crippen LogP contribution < -0.4 is 0 Å². The van der Waals surface area contributed by atoms with Crippen molar-refractivity contribution >= 4 is 18.1 Å². The highest BCUT2D eigenvalue weighted by Crippen LogP contribution is 2.32. The van der Waals surface area contributed by atoms with Gasteiger partial charge in [0.15, 0.2) is 18.1 Å². The lowest BCUT2D eigenvalue weighted by Crippen LogP contribution is -2.39. The standard InChI is InChI=1S/C15H36O2Si2/c1-8-15(7,9-2)18-17-14(6)13-16-19(10-3,11-4)12-5/h14H,8-13,18H2,1-7H3. The number of rotatable bonds is 11. The summed E-state index contributed by atoms with van der Waals surface area (Å²) in [5, 5.41) is 0.461. The van der Waals surface area contributed by atoms with Gasteiger partial charge in [0, 0.05) is 0 Å². The van der Waals surface area contributed by atoms with Crippen LogP contribution in [0.3, 0.4) is 0 Å². The van der Waals surface area contributed by atoms with Crippen molar-refractivity contribution < 1.29 is 8.85 Å². The van der Waals surface area contributed by atoms with E-state index in [1.54, 1.807) is 0 Å². The van der Waals surface area contributed by atoms with Gasteiger partial charge in [-0.15, -0.1) is 0 Å². The molecular formula is C15H36O2Si2. The number of hydrogen-bond donors (Lipinski definition) is 0. The predicted molar refractivity (Wildman–Crippen MR) is 91.2 cm³/mol. The van der Waals surface area contributed by atoms with Gasteiger partial charge in [-0.25, -0.2) is 0 Å².